The van der Waals surface area contributed by atoms with Gasteiger partial charge < -0.3 is 10.2 Å². The van der Waals surface area contributed by atoms with E-state index in [2.05, 4.69) is 32.4 Å². The van der Waals surface area contributed by atoms with Crippen LogP contribution in [-0.4, -0.2) is 51.2 Å². The van der Waals surface area contributed by atoms with Crippen LogP contribution in [0.5, 0.6) is 0 Å². The van der Waals surface area contributed by atoms with E-state index in [0.717, 1.165) is 45.3 Å². The molecule has 0 radical (unpaired) electrons. The third kappa shape index (κ3) is 3.96. The van der Waals surface area contributed by atoms with Crippen LogP contribution in [-0.2, 0) is 18.3 Å². The Bertz CT molecular complexity index is 740. The van der Waals surface area contributed by atoms with Crippen LogP contribution in [0.4, 0.5) is 0 Å². The third-order valence-corrected chi connectivity index (χ3v) is 5.57. The number of aromatic nitrogens is 3. The molecule has 1 N–H and O–H groups in total. The molecular weight excluding hydrogens is 326 g/mol. The lowest BCUT2D eigenvalue weighted by Gasteiger charge is -2.20. The van der Waals surface area contributed by atoms with E-state index in [4.69, 9.17) is 0 Å². The van der Waals surface area contributed by atoms with E-state index in [1.165, 1.54) is 11.3 Å². The van der Waals surface area contributed by atoms with Crippen LogP contribution in [0.3, 0.4) is 0 Å². The first kappa shape index (κ1) is 17.2. The molecule has 2 atom stereocenters. The number of carbonyl (C=O) groups excluding carboxylic acids is 1. The maximum Gasteiger partial charge on any atom is 0.223 e. The Kier molecular flexibility index (Phi) is 5.02. The quantitative estimate of drug-likeness (QED) is 0.824. The molecule has 0 aromatic carbocycles. The topological polar surface area (TPSA) is 63.1 Å². The molecule has 1 saturated heterocycles. The van der Waals surface area contributed by atoms with E-state index < -0.39 is 0 Å². The zero-order valence-electron chi connectivity index (χ0n) is 15.3. The van der Waals surface area contributed by atoms with Gasteiger partial charge in [0.15, 0.2) is 0 Å². The van der Waals surface area contributed by atoms with Crippen LogP contribution < -0.4 is 5.32 Å². The highest BCUT2D eigenvalue weighted by atomic mass is 16.2. The van der Waals surface area contributed by atoms with Gasteiger partial charge in [0, 0.05) is 56.3 Å². The maximum atomic E-state index is 12.3. The standard InChI is InChI=1S/C20H27N5O/c1-24-19(8-10-22-24)17-13-25(11-3-5-15-4-2-9-21-12-15)14-18(17)23-20(26)16-6-7-16/h2,4,8-10,12,16-18H,3,5-7,11,13-14H2,1H3,(H,23,26)/t17-,18-/m1/s1. The van der Waals surface area contributed by atoms with E-state index in [1.807, 2.05) is 36.4 Å². The molecular formula is C20H27N5O. The number of carbonyl (C=O) groups is 1. The molecule has 2 fully saturated rings. The fourth-order valence-electron chi connectivity index (χ4n) is 3.96. The Morgan fingerprint density at radius 2 is 2.15 bits per heavy atom. The lowest BCUT2D eigenvalue weighted by atomic mass is 9.99. The van der Waals surface area contributed by atoms with Crippen molar-refractivity contribution in [3.8, 4) is 0 Å². The zero-order chi connectivity index (χ0) is 17.9. The number of rotatable bonds is 7. The second-order valence-corrected chi connectivity index (χ2v) is 7.60. The van der Waals surface area contributed by atoms with E-state index in [9.17, 15) is 4.79 Å². The smallest absolute Gasteiger partial charge is 0.223 e. The number of nitrogens with one attached hydrogen (secondary N) is 1. The van der Waals surface area contributed by atoms with Gasteiger partial charge in [-0.3, -0.25) is 14.5 Å². The fraction of sp³-hybridized carbons (Fsp3) is 0.550. The van der Waals surface area contributed by atoms with Crippen molar-refractivity contribution in [1.29, 1.82) is 0 Å². The molecule has 3 heterocycles. The van der Waals surface area contributed by atoms with Crippen molar-refractivity contribution >= 4 is 5.91 Å². The molecule has 6 nitrogen and oxygen atoms in total. The van der Waals surface area contributed by atoms with Crippen molar-refractivity contribution in [2.24, 2.45) is 13.0 Å². The van der Waals surface area contributed by atoms with Crippen LogP contribution in [0.1, 0.15) is 36.4 Å². The molecule has 2 aliphatic rings. The van der Waals surface area contributed by atoms with E-state index in [-0.39, 0.29) is 17.9 Å². The number of nitrogens with zero attached hydrogens (tertiary/aromatic N) is 4. The van der Waals surface area contributed by atoms with Crippen molar-refractivity contribution in [3.05, 3.63) is 48.0 Å². The zero-order valence-corrected chi connectivity index (χ0v) is 15.3. The lowest BCUT2D eigenvalue weighted by Crippen LogP contribution is -2.41. The predicted molar refractivity (Wildman–Crippen MR) is 99.6 cm³/mol. The van der Waals surface area contributed by atoms with Gasteiger partial charge in [-0.15, -0.1) is 0 Å². The highest BCUT2D eigenvalue weighted by molar-refractivity contribution is 5.81. The van der Waals surface area contributed by atoms with Gasteiger partial charge in [-0.25, -0.2) is 0 Å². The Hall–Kier alpha value is -2.21. The Balaban J connectivity index is 1.37. The molecule has 2 aromatic rings. The number of pyridine rings is 1. The van der Waals surface area contributed by atoms with Gasteiger partial charge in [0.2, 0.25) is 5.91 Å². The second kappa shape index (κ2) is 7.58. The second-order valence-electron chi connectivity index (χ2n) is 7.60. The largest absolute Gasteiger partial charge is 0.351 e. The van der Waals surface area contributed by atoms with Gasteiger partial charge in [-0.1, -0.05) is 6.07 Å². The summed E-state index contributed by atoms with van der Waals surface area (Å²) in [5, 5.41) is 7.64. The third-order valence-electron chi connectivity index (χ3n) is 5.57. The number of likely N-dealkylation sites (tertiary alicyclic amines) is 1. The molecule has 1 saturated carbocycles. The summed E-state index contributed by atoms with van der Waals surface area (Å²) in [6.07, 6.45) is 9.84. The van der Waals surface area contributed by atoms with E-state index >= 15 is 0 Å². The molecule has 138 valence electrons. The van der Waals surface area contributed by atoms with Crippen LogP contribution in [0.25, 0.3) is 0 Å². The van der Waals surface area contributed by atoms with Crippen LogP contribution >= 0.6 is 0 Å². The van der Waals surface area contributed by atoms with Crippen molar-refractivity contribution in [2.45, 2.75) is 37.6 Å². The molecule has 0 spiro atoms. The summed E-state index contributed by atoms with van der Waals surface area (Å²) >= 11 is 0. The molecule has 1 aliphatic carbocycles. The Morgan fingerprint density at radius 1 is 1.27 bits per heavy atom. The SMILES string of the molecule is Cn1nccc1[C@@H]1CN(CCCc2cccnc2)C[C@H]1NC(=O)C1CC1. The highest BCUT2D eigenvalue weighted by Gasteiger charge is 2.38. The minimum Gasteiger partial charge on any atom is -0.351 e. The van der Waals surface area contributed by atoms with Gasteiger partial charge in [-0.05, 0) is 49.9 Å². The molecule has 2 aromatic heterocycles. The van der Waals surface area contributed by atoms with Crippen LogP contribution in [0.2, 0.25) is 0 Å². The average molecular weight is 353 g/mol. The van der Waals surface area contributed by atoms with E-state index in [1.54, 1.807) is 0 Å². The molecule has 0 unspecified atom stereocenters. The summed E-state index contributed by atoms with van der Waals surface area (Å²) in [5.41, 5.74) is 2.49. The first-order chi connectivity index (χ1) is 12.7. The monoisotopic (exact) mass is 353 g/mol. The van der Waals surface area contributed by atoms with Gasteiger partial charge in [0.25, 0.3) is 0 Å². The van der Waals surface area contributed by atoms with E-state index in [0.29, 0.717) is 5.92 Å². The molecule has 26 heavy (non-hydrogen) atoms. The summed E-state index contributed by atoms with van der Waals surface area (Å²) in [6, 6.07) is 6.39. The number of aryl methyl sites for hydroxylation is 2. The Morgan fingerprint density at radius 3 is 2.85 bits per heavy atom. The average Bonchev–Trinajstić information content (AvgIpc) is 3.31. The van der Waals surface area contributed by atoms with Crippen molar-refractivity contribution < 1.29 is 4.79 Å². The van der Waals surface area contributed by atoms with Crippen molar-refractivity contribution in [3.63, 3.8) is 0 Å². The predicted octanol–water partition coefficient (Wildman–Crippen LogP) is 1.74. The molecule has 1 aliphatic heterocycles. The lowest BCUT2D eigenvalue weighted by molar-refractivity contribution is -0.123. The molecule has 6 heteroatoms. The summed E-state index contributed by atoms with van der Waals surface area (Å²) in [6.45, 7) is 2.93. The highest BCUT2D eigenvalue weighted by Crippen LogP contribution is 2.32. The number of amides is 1. The summed E-state index contributed by atoms with van der Waals surface area (Å²) in [5.74, 6) is 0.796. The van der Waals surface area contributed by atoms with Crippen molar-refractivity contribution in [1.82, 2.24) is 25.0 Å². The molecule has 0 bridgehead atoms. The van der Waals surface area contributed by atoms with Gasteiger partial charge in [0.1, 0.15) is 0 Å². The first-order valence-electron chi connectivity index (χ1n) is 9.60. The number of hydrogen-bond donors (Lipinski definition) is 1. The normalized spacial score (nSPS) is 23.3. The Labute approximate surface area is 154 Å². The summed E-state index contributed by atoms with van der Waals surface area (Å²) in [4.78, 5) is 19.0. The minimum absolute atomic E-state index is 0.178. The van der Waals surface area contributed by atoms with Crippen LogP contribution in [0, 0.1) is 5.92 Å². The minimum atomic E-state index is 0.178. The molecule has 4 rings (SSSR count). The van der Waals surface area contributed by atoms with Gasteiger partial charge in [-0.2, -0.15) is 5.10 Å². The first-order valence-corrected chi connectivity index (χ1v) is 9.60. The fourth-order valence-corrected chi connectivity index (χ4v) is 3.96. The summed E-state index contributed by atoms with van der Waals surface area (Å²) < 4.78 is 1.94. The summed E-state index contributed by atoms with van der Waals surface area (Å²) in [7, 11) is 1.99. The number of hydrogen-bond acceptors (Lipinski definition) is 4. The van der Waals surface area contributed by atoms with Gasteiger partial charge in [0.05, 0.1) is 6.04 Å². The van der Waals surface area contributed by atoms with Gasteiger partial charge >= 0.3 is 0 Å². The van der Waals surface area contributed by atoms with Crippen LogP contribution in [0.15, 0.2) is 36.8 Å². The van der Waals surface area contributed by atoms with Crippen molar-refractivity contribution in [2.75, 3.05) is 19.6 Å². The maximum absolute atomic E-state index is 12.3. The molecule has 1 amide bonds.